The van der Waals surface area contributed by atoms with Gasteiger partial charge in [-0.3, -0.25) is 24.0 Å². The summed E-state index contributed by atoms with van der Waals surface area (Å²) in [5.74, 6) is -5.02. The summed E-state index contributed by atoms with van der Waals surface area (Å²) in [4.78, 5) is 72.3. The maximum atomic E-state index is 13.1. The highest BCUT2D eigenvalue weighted by molar-refractivity contribution is 7.98. The van der Waals surface area contributed by atoms with E-state index in [0.717, 1.165) is 0 Å². The molecule has 14 heteroatoms. The van der Waals surface area contributed by atoms with Crippen LogP contribution >= 0.6 is 11.8 Å². The molecule has 0 aliphatic carbocycles. The number of amides is 4. The lowest BCUT2D eigenvalue weighted by molar-refractivity contribution is -0.142. The summed E-state index contributed by atoms with van der Waals surface area (Å²) in [5.41, 5.74) is 11.6. The number of primary amides is 1. The molecule has 0 saturated carbocycles. The van der Waals surface area contributed by atoms with Gasteiger partial charge in [-0.2, -0.15) is 11.8 Å². The molecule has 1 rings (SSSR count). The molecular formula is C24H35N5O8S. The van der Waals surface area contributed by atoms with Gasteiger partial charge in [0.05, 0.1) is 6.04 Å². The van der Waals surface area contributed by atoms with Crippen LogP contribution in [0.5, 0.6) is 0 Å². The van der Waals surface area contributed by atoms with Gasteiger partial charge in [-0.1, -0.05) is 30.3 Å². The van der Waals surface area contributed by atoms with Crippen LogP contribution in [-0.4, -0.2) is 82.0 Å². The van der Waals surface area contributed by atoms with Gasteiger partial charge < -0.3 is 37.6 Å². The molecule has 4 unspecified atom stereocenters. The first-order valence-electron chi connectivity index (χ1n) is 11.9. The maximum absolute atomic E-state index is 13.1. The lowest BCUT2D eigenvalue weighted by atomic mass is 10.0. The van der Waals surface area contributed by atoms with Gasteiger partial charge in [0.2, 0.25) is 23.6 Å². The normalized spacial score (nSPS) is 13.8. The molecule has 0 saturated heterocycles. The Kier molecular flexibility index (Phi) is 14.5. The van der Waals surface area contributed by atoms with E-state index in [1.54, 1.807) is 36.6 Å². The number of carboxylic acid groups (broad SMARTS) is 2. The number of carbonyl (C=O) groups is 6. The fraction of sp³-hybridized carbons (Fsp3) is 0.500. The second-order valence-electron chi connectivity index (χ2n) is 8.54. The molecule has 0 aliphatic heterocycles. The Morgan fingerprint density at radius 2 is 1.37 bits per heavy atom. The van der Waals surface area contributed by atoms with Crippen molar-refractivity contribution in [2.75, 3.05) is 12.0 Å². The molecule has 1 aromatic carbocycles. The second-order valence-corrected chi connectivity index (χ2v) is 9.52. The summed E-state index contributed by atoms with van der Waals surface area (Å²) < 4.78 is 0. The number of rotatable bonds is 18. The number of carboxylic acids is 2. The first-order chi connectivity index (χ1) is 17.9. The summed E-state index contributed by atoms with van der Waals surface area (Å²) in [6.07, 6.45) is 0.978. The molecule has 1 aromatic rings. The molecule has 13 nitrogen and oxygen atoms in total. The molecule has 4 amide bonds. The van der Waals surface area contributed by atoms with Gasteiger partial charge >= 0.3 is 11.9 Å². The van der Waals surface area contributed by atoms with Crippen LogP contribution in [0.2, 0.25) is 0 Å². The molecule has 0 fully saturated rings. The van der Waals surface area contributed by atoms with Gasteiger partial charge in [0.25, 0.3) is 0 Å². The number of thioether (sulfide) groups is 1. The number of aliphatic carboxylic acids is 2. The molecule has 0 bridgehead atoms. The molecule has 0 aliphatic rings. The van der Waals surface area contributed by atoms with Crippen LogP contribution in [0.4, 0.5) is 0 Å². The highest BCUT2D eigenvalue weighted by Gasteiger charge is 2.30. The standard InChI is InChI=1S/C24H35N5O8S/c1-38-12-11-17(23(35)29-18(24(36)37)13-14-5-3-2-4-6-14)28-22(34)16(8-9-19(26)30)27-21(33)15(25)7-10-20(31)32/h2-6,15-18H,7-13,25H2,1H3,(H2,26,30)(H,27,33)(H,28,34)(H,29,35)(H,31,32)(H,36,37). The van der Waals surface area contributed by atoms with Crippen LogP contribution < -0.4 is 27.4 Å². The number of nitrogens with one attached hydrogen (secondary N) is 3. The highest BCUT2D eigenvalue weighted by atomic mass is 32.2. The Bertz CT molecular complexity index is 978. The minimum absolute atomic E-state index is 0.0244. The van der Waals surface area contributed by atoms with Crippen molar-refractivity contribution in [1.29, 1.82) is 0 Å². The van der Waals surface area contributed by atoms with Crippen molar-refractivity contribution in [2.24, 2.45) is 11.5 Å². The van der Waals surface area contributed by atoms with E-state index in [0.29, 0.717) is 11.3 Å². The number of benzene rings is 1. The number of hydrogen-bond acceptors (Lipinski definition) is 8. The van der Waals surface area contributed by atoms with Crippen LogP contribution in [0.15, 0.2) is 30.3 Å². The Hall–Kier alpha value is -3.65. The average Bonchev–Trinajstić information content (AvgIpc) is 2.86. The van der Waals surface area contributed by atoms with Crippen LogP contribution in [0.3, 0.4) is 0 Å². The van der Waals surface area contributed by atoms with E-state index in [9.17, 15) is 33.9 Å². The Morgan fingerprint density at radius 1 is 0.816 bits per heavy atom. The van der Waals surface area contributed by atoms with Crippen LogP contribution in [0.1, 0.15) is 37.7 Å². The van der Waals surface area contributed by atoms with Gasteiger partial charge in [-0.05, 0) is 36.8 Å². The van der Waals surface area contributed by atoms with Gasteiger partial charge in [0.1, 0.15) is 18.1 Å². The zero-order chi connectivity index (χ0) is 28.7. The van der Waals surface area contributed by atoms with Crippen LogP contribution in [-0.2, 0) is 35.2 Å². The predicted molar refractivity (Wildman–Crippen MR) is 140 cm³/mol. The monoisotopic (exact) mass is 553 g/mol. The molecule has 0 radical (unpaired) electrons. The van der Waals surface area contributed by atoms with Gasteiger partial charge in [-0.15, -0.1) is 0 Å². The minimum atomic E-state index is -1.30. The fourth-order valence-corrected chi connectivity index (χ4v) is 3.81. The largest absolute Gasteiger partial charge is 0.481 e. The molecule has 0 spiro atoms. The van der Waals surface area contributed by atoms with Crippen molar-refractivity contribution < 1.29 is 39.0 Å². The van der Waals surface area contributed by atoms with E-state index in [4.69, 9.17) is 16.6 Å². The van der Waals surface area contributed by atoms with Crippen LogP contribution in [0, 0.1) is 0 Å². The molecule has 9 N–H and O–H groups in total. The zero-order valence-corrected chi connectivity index (χ0v) is 21.9. The summed E-state index contributed by atoms with van der Waals surface area (Å²) >= 11 is 1.40. The third kappa shape index (κ3) is 12.5. The van der Waals surface area contributed by atoms with E-state index >= 15 is 0 Å². The lowest BCUT2D eigenvalue weighted by Gasteiger charge is -2.25. The van der Waals surface area contributed by atoms with E-state index in [1.165, 1.54) is 11.8 Å². The quantitative estimate of drug-likeness (QED) is 0.117. The SMILES string of the molecule is CSCCC(NC(=O)C(CCC(N)=O)NC(=O)C(N)CCC(=O)O)C(=O)NC(Cc1ccccc1)C(=O)O. The first kappa shape index (κ1) is 32.4. The molecule has 0 heterocycles. The third-order valence-corrected chi connectivity index (χ3v) is 6.10. The fourth-order valence-electron chi connectivity index (χ4n) is 3.34. The maximum Gasteiger partial charge on any atom is 0.326 e. The van der Waals surface area contributed by atoms with Crippen molar-refractivity contribution in [3.05, 3.63) is 35.9 Å². The van der Waals surface area contributed by atoms with Crippen molar-refractivity contribution in [2.45, 2.75) is 62.7 Å². The predicted octanol–water partition coefficient (Wildman–Crippen LogP) is -1.02. The Balaban J connectivity index is 2.99. The summed E-state index contributed by atoms with van der Waals surface area (Å²) in [7, 11) is 0. The van der Waals surface area contributed by atoms with Crippen molar-refractivity contribution in [1.82, 2.24) is 16.0 Å². The number of nitrogens with two attached hydrogens (primary N) is 2. The minimum Gasteiger partial charge on any atom is -0.481 e. The topological polar surface area (TPSA) is 231 Å². The highest BCUT2D eigenvalue weighted by Crippen LogP contribution is 2.08. The third-order valence-electron chi connectivity index (χ3n) is 5.46. The van der Waals surface area contributed by atoms with Crippen LogP contribution in [0.25, 0.3) is 0 Å². The number of carbonyl (C=O) groups excluding carboxylic acids is 4. The molecule has 4 atom stereocenters. The van der Waals surface area contributed by atoms with Gasteiger partial charge in [-0.25, -0.2) is 4.79 Å². The Labute approximate surface area is 224 Å². The van der Waals surface area contributed by atoms with Gasteiger partial charge in [0.15, 0.2) is 0 Å². The molecule has 38 heavy (non-hydrogen) atoms. The van der Waals surface area contributed by atoms with Crippen molar-refractivity contribution in [3.8, 4) is 0 Å². The lowest BCUT2D eigenvalue weighted by Crippen LogP contribution is -2.57. The van der Waals surface area contributed by atoms with E-state index < -0.39 is 59.7 Å². The van der Waals surface area contributed by atoms with Crippen molar-refractivity contribution in [3.63, 3.8) is 0 Å². The number of hydrogen-bond donors (Lipinski definition) is 7. The van der Waals surface area contributed by atoms with Gasteiger partial charge in [0, 0.05) is 19.3 Å². The Morgan fingerprint density at radius 3 is 1.89 bits per heavy atom. The smallest absolute Gasteiger partial charge is 0.326 e. The van der Waals surface area contributed by atoms with E-state index in [2.05, 4.69) is 16.0 Å². The van der Waals surface area contributed by atoms with E-state index in [1.807, 2.05) is 0 Å². The molecule has 210 valence electrons. The summed E-state index contributed by atoms with van der Waals surface area (Å²) in [5, 5.41) is 25.8. The average molecular weight is 554 g/mol. The summed E-state index contributed by atoms with van der Waals surface area (Å²) in [6.45, 7) is 0. The van der Waals surface area contributed by atoms with Crippen molar-refractivity contribution >= 4 is 47.3 Å². The van der Waals surface area contributed by atoms with E-state index in [-0.39, 0.29) is 38.5 Å². The molecule has 0 aromatic heterocycles. The summed E-state index contributed by atoms with van der Waals surface area (Å²) in [6, 6.07) is 3.80. The first-order valence-corrected chi connectivity index (χ1v) is 13.3. The molecular weight excluding hydrogens is 518 g/mol. The second kappa shape index (κ2) is 17.0. The zero-order valence-electron chi connectivity index (χ0n) is 21.1.